The van der Waals surface area contributed by atoms with Crippen LogP contribution in [0.5, 0.6) is 0 Å². The van der Waals surface area contributed by atoms with Crippen molar-refractivity contribution in [3.63, 3.8) is 0 Å². The molecule has 3 heterocycles. The topological polar surface area (TPSA) is 150 Å². The lowest BCUT2D eigenvalue weighted by Gasteiger charge is -2.33. The number of sulfone groups is 1. The molecule has 3 saturated carbocycles. The lowest BCUT2D eigenvalue weighted by molar-refractivity contribution is -0.0616. The molecule has 0 amide bonds. The van der Waals surface area contributed by atoms with Crippen LogP contribution >= 0.6 is 11.3 Å². The number of rotatable bonds is 8. The fourth-order valence-corrected chi connectivity index (χ4v) is 9.01. The Hall–Kier alpha value is -2.41. The molecule has 37 heavy (non-hydrogen) atoms. The zero-order chi connectivity index (χ0) is 26.3. The van der Waals surface area contributed by atoms with Gasteiger partial charge in [0.05, 0.1) is 21.7 Å². The average molecular weight is 545 g/mol. The lowest BCUT2D eigenvalue weighted by atomic mass is 10.0. The van der Waals surface area contributed by atoms with Gasteiger partial charge in [-0.1, -0.05) is 6.92 Å². The van der Waals surface area contributed by atoms with Crippen LogP contribution in [0.3, 0.4) is 0 Å². The molecule has 0 spiro atoms. The SMILES string of the molecule is CCc1nccc2sc(-c3c(C)nc(NC(C)C4CC4)nc3NC3(O)CCC4C(S(C)(=O)=O)C43O)nc12. The molecule has 3 aliphatic carbocycles. The summed E-state index contributed by atoms with van der Waals surface area (Å²) in [5.74, 6) is 0.797. The normalized spacial score (nSPS) is 29.8. The Morgan fingerprint density at radius 1 is 1.22 bits per heavy atom. The Labute approximate surface area is 219 Å². The number of aryl methyl sites for hydroxylation is 2. The van der Waals surface area contributed by atoms with Crippen LogP contribution in [0.4, 0.5) is 11.8 Å². The van der Waals surface area contributed by atoms with Crippen molar-refractivity contribution in [2.75, 3.05) is 16.9 Å². The fraction of sp³-hybridized carbons (Fsp3) is 0.600. The zero-order valence-electron chi connectivity index (χ0n) is 21.3. The van der Waals surface area contributed by atoms with Crippen LogP contribution in [0.2, 0.25) is 0 Å². The van der Waals surface area contributed by atoms with Gasteiger partial charge in [-0.15, -0.1) is 11.3 Å². The molecule has 3 aromatic heterocycles. The van der Waals surface area contributed by atoms with Crippen LogP contribution in [0.15, 0.2) is 12.3 Å². The highest BCUT2D eigenvalue weighted by molar-refractivity contribution is 7.91. The first-order chi connectivity index (χ1) is 17.5. The summed E-state index contributed by atoms with van der Waals surface area (Å²) in [5.41, 5.74) is -0.646. The van der Waals surface area contributed by atoms with E-state index in [9.17, 15) is 18.6 Å². The minimum absolute atomic E-state index is 0.194. The second kappa shape index (κ2) is 8.29. The highest BCUT2D eigenvalue weighted by Crippen LogP contribution is 2.63. The Morgan fingerprint density at radius 2 is 1.97 bits per heavy atom. The lowest BCUT2D eigenvalue weighted by Crippen LogP contribution is -2.52. The number of anilines is 2. The van der Waals surface area contributed by atoms with Gasteiger partial charge in [0.15, 0.2) is 15.6 Å². The number of aromatic nitrogens is 4. The van der Waals surface area contributed by atoms with Gasteiger partial charge in [-0.05, 0) is 57.9 Å². The molecule has 0 aliphatic heterocycles. The highest BCUT2D eigenvalue weighted by Gasteiger charge is 2.81. The van der Waals surface area contributed by atoms with Crippen molar-refractivity contribution in [2.24, 2.45) is 11.8 Å². The predicted molar refractivity (Wildman–Crippen MR) is 143 cm³/mol. The molecule has 3 aliphatic rings. The van der Waals surface area contributed by atoms with Crippen molar-refractivity contribution in [1.29, 1.82) is 0 Å². The minimum atomic E-state index is -3.55. The Bertz CT molecular complexity index is 1510. The van der Waals surface area contributed by atoms with E-state index in [1.54, 1.807) is 6.20 Å². The van der Waals surface area contributed by atoms with Crippen molar-refractivity contribution in [2.45, 2.75) is 75.5 Å². The predicted octanol–water partition coefficient (Wildman–Crippen LogP) is 2.90. The second-order valence-electron chi connectivity index (χ2n) is 10.8. The van der Waals surface area contributed by atoms with Crippen molar-refractivity contribution in [1.82, 2.24) is 19.9 Å². The number of thiazole rings is 1. The number of fused-ring (bicyclic) bond motifs is 2. The van der Waals surface area contributed by atoms with Gasteiger partial charge in [-0.25, -0.2) is 18.4 Å². The van der Waals surface area contributed by atoms with Gasteiger partial charge in [-0.2, -0.15) is 4.98 Å². The van der Waals surface area contributed by atoms with E-state index in [1.807, 2.05) is 19.9 Å². The van der Waals surface area contributed by atoms with Crippen LogP contribution in [0.1, 0.15) is 50.9 Å². The van der Waals surface area contributed by atoms with E-state index in [2.05, 4.69) is 22.5 Å². The van der Waals surface area contributed by atoms with E-state index in [-0.39, 0.29) is 12.5 Å². The van der Waals surface area contributed by atoms with E-state index >= 15 is 0 Å². The molecule has 0 aromatic carbocycles. The first-order valence-corrected chi connectivity index (χ1v) is 15.5. The Balaban J connectivity index is 1.45. The third kappa shape index (κ3) is 3.91. The number of nitrogens with one attached hydrogen (secondary N) is 2. The van der Waals surface area contributed by atoms with E-state index in [1.165, 1.54) is 11.3 Å². The molecule has 6 rings (SSSR count). The molecular weight excluding hydrogens is 512 g/mol. The summed E-state index contributed by atoms with van der Waals surface area (Å²) in [6.07, 6.45) is 6.54. The molecule has 198 valence electrons. The Kier molecular flexibility index (Phi) is 5.58. The van der Waals surface area contributed by atoms with Gasteiger partial charge in [0.1, 0.15) is 27.2 Å². The monoisotopic (exact) mass is 544 g/mol. The van der Waals surface area contributed by atoms with E-state index < -0.39 is 32.3 Å². The van der Waals surface area contributed by atoms with Crippen molar-refractivity contribution < 1.29 is 18.6 Å². The summed E-state index contributed by atoms with van der Waals surface area (Å²) in [5, 5.41) is 29.2. The maximum absolute atomic E-state index is 12.4. The summed E-state index contributed by atoms with van der Waals surface area (Å²) in [4.78, 5) is 18.8. The average Bonchev–Trinajstić information content (AvgIpc) is 3.70. The quantitative estimate of drug-likeness (QED) is 0.312. The molecule has 0 bridgehead atoms. The largest absolute Gasteiger partial charge is 0.383 e. The first kappa shape index (κ1) is 24.9. The standard InChI is InChI=1S/C25H32N6O4S2/c1-5-16-19-17(9-11-26-16)36-22(29-19)18-13(3)28-23(27-12(2)14-6-7-14)30-21(18)31-24(32)10-8-15-20(25(15,24)33)37(4,34)35/h9,11-12,14-15,20,32-33H,5-8,10H2,1-4H3,(H2,27,28,30,31). The summed E-state index contributed by atoms with van der Waals surface area (Å²) < 4.78 is 25.7. The molecule has 4 N–H and O–H groups in total. The second-order valence-corrected chi connectivity index (χ2v) is 14.0. The minimum Gasteiger partial charge on any atom is -0.383 e. The number of nitrogens with zero attached hydrogens (tertiary/aromatic N) is 4. The molecule has 0 radical (unpaired) electrons. The van der Waals surface area contributed by atoms with Crippen molar-refractivity contribution >= 4 is 43.2 Å². The van der Waals surface area contributed by atoms with Crippen LogP contribution in [-0.4, -0.2) is 67.4 Å². The molecule has 12 heteroatoms. The smallest absolute Gasteiger partial charge is 0.225 e. The Morgan fingerprint density at radius 3 is 2.62 bits per heavy atom. The van der Waals surface area contributed by atoms with Crippen LogP contribution in [-0.2, 0) is 16.3 Å². The summed E-state index contributed by atoms with van der Waals surface area (Å²) in [6.45, 7) is 6.00. The van der Waals surface area contributed by atoms with Crippen LogP contribution in [0, 0.1) is 18.8 Å². The number of hydrogen-bond acceptors (Lipinski definition) is 11. The number of aliphatic hydroxyl groups is 2. The van der Waals surface area contributed by atoms with E-state index in [4.69, 9.17) is 15.0 Å². The maximum atomic E-state index is 12.4. The van der Waals surface area contributed by atoms with Gasteiger partial charge in [-0.3, -0.25) is 4.98 Å². The zero-order valence-corrected chi connectivity index (χ0v) is 22.9. The molecule has 5 unspecified atom stereocenters. The number of hydrogen-bond donors (Lipinski definition) is 4. The van der Waals surface area contributed by atoms with Gasteiger partial charge < -0.3 is 20.8 Å². The maximum Gasteiger partial charge on any atom is 0.225 e. The molecule has 0 saturated heterocycles. The molecule has 3 fully saturated rings. The molecular formula is C25H32N6O4S2. The van der Waals surface area contributed by atoms with Crippen LogP contribution in [0.25, 0.3) is 20.8 Å². The highest BCUT2D eigenvalue weighted by atomic mass is 32.2. The third-order valence-corrected chi connectivity index (χ3v) is 10.9. The summed E-state index contributed by atoms with van der Waals surface area (Å²) in [6, 6.07) is 2.12. The van der Waals surface area contributed by atoms with Gasteiger partial charge in [0.2, 0.25) is 5.95 Å². The van der Waals surface area contributed by atoms with Gasteiger partial charge in [0.25, 0.3) is 0 Å². The summed E-state index contributed by atoms with van der Waals surface area (Å²) >= 11 is 1.48. The van der Waals surface area contributed by atoms with E-state index in [0.29, 0.717) is 40.4 Å². The van der Waals surface area contributed by atoms with Gasteiger partial charge in [0, 0.05) is 24.4 Å². The van der Waals surface area contributed by atoms with E-state index in [0.717, 1.165) is 41.4 Å². The van der Waals surface area contributed by atoms with Crippen molar-refractivity contribution in [3.05, 3.63) is 23.7 Å². The number of pyridine rings is 1. The molecule has 3 aromatic rings. The fourth-order valence-electron chi connectivity index (χ4n) is 6.05. The summed E-state index contributed by atoms with van der Waals surface area (Å²) in [7, 11) is -3.55. The third-order valence-electron chi connectivity index (χ3n) is 8.23. The van der Waals surface area contributed by atoms with Crippen molar-refractivity contribution in [3.8, 4) is 10.6 Å². The van der Waals surface area contributed by atoms with Crippen LogP contribution < -0.4 is 10.6 Å². The van der Waals surface area contributed by atoms with Gasteiger partial charge >= 0.3 is 0 Å². The molecule has 5 atom stereocenters. The first-order valence-electron chi connectivity index (χ1n) is 12.8. The molecule has 10 nitrogen and oxygen atoms in total.